The molecule has 0 aliphatic carbocycles. The van der Waals surface area contributed by atoms with Gasteiger partial charge >= 0.3 is 0 Å². The van der Waals surface area contributed by atoms with Gasteiger partial charge in [-0.05, 0) is 26.0 Å². The summed E-state index contributed by atoms with van der Waals surface area (Å²) in [7, 11) is 0. The fourth-order valence-corrected chi connectivity index (χ4v) is 3.53. The predicted octanol–water partition coefficient (Wildman–Crippen LogP) is 3.83. The molecular weight excluding hydrogens is 304 g/mol. The molecule has 0 aliphatic heterocycles. The number of nitrogens with one attached hydrogen (secondary N) is 1. The van der Waals surface area contributed by atoms with E-state index >= 15 is 0 Å². The summed E-state index contributed by atoms with van der Waals surface area (Å²) in [6.07, 6.45) is 2.30. The molecule has 0 amide bonds. The van der Waals surface area contributed by atoms with Crippen LogP contribution < -0.4 is 5.32 Å². The fraction of sp³-hybridized carbons (Fsp3) is 0.143. The summed E-state index contributed by atoms with van der Waals surface area (Å²) in [5, 5.41) is 6.94. The monoisotopic (exact) mass is 316 g/mol. The zero-order chi connectivity index (χ0) is 14.8. The van der Waals surface area contributed by atoms with Gasteiger partial charge in [0.05, 0.1) is 21.3 Å². The molecule has 0 aliphatic rings. The van der Waals surface area contributed by atoms with Gasteiger partial charge in [-0.25, -0.2) is 15.0 Å². The molecule has 5 nitrogen and oxygen atoms in total. The van der Waals surface area contributed by atoms with E-state index in [-0.39, 0.29) is 0 Å². The van der Waals surface area contributed by atoms with E-state index in [0.29, 0.717) is 11.4 Å². The molecule has 0 aromatic carbocycles. The highest BCUT2D eigenvalue weighted by Gasteiger charge is 2.11. The van der Waals surface area contributed by atoms with Crippen LogP contribution in [0, 0.1) is 13.8 Å². The Balaban J connectivity index is 1.81. The lowest BCUT2D eigenvalue weighted by Gasteiger charge is -2.00. The third-order valence-corrected chi connectivity index (χ3v) is 4.65. The van der Waals surface area contributed by atoms with Crippen LogP contribution in [0.4, 0.5) is 10.9 Å². The Bertz CT molecular complexity index is 777. The van der Waals surface area contributed by atoms with E-state index in [1.807, 2.05) is 19.2 Å². The molecule has 3 rings (SSSR count). The van der Waals surface area contributed by atoms with E-state index in [4.69, 9.17) is 0 Å². The second-order valence-corrected chi connectivity index (χ2v) is 6.47. The number of aromatic nitrogens is 3. The van der Waals surface area contributed by atoms with Crippen LogP contribution >= 0.6 is 22.7 Å². The van der Waals surface area contributed by atoms with Crippen LogP contribution in [0.25, 0.3) is 10.6 Å². The van der Waals surface area contributed by atoms with Gasteiger partial charge in [-0.3, -0.25) is 4.79 Å². The quantitative estimate of drug-likeness (QED) is 0.741. The molecule has 0 saturated heterocycles. The molecule has 3 aromatic heterocycles. The van der Waals surface area contributed by atoms with Crippen molar-refractivity contribution >= 4 is 39.9 Å². The van der Waals surface area contributed by atoms with Gasteiger partial charge in [0.25, 0.3) is 0 Å². The molecule has 106 valence electrons. The SMILES string of the molecule is Cc1nc(C)c(-c2csc(Nc3ccc(C=O)cn3)n2)s1. The summed E-state index contributed by atoms with van der Waals surface area (Å²) in [5.41, 5.74) is 2.48. The van der Waals surface area contributed by atoms with Crippen molar-refractivity contribution in [2.24, 2.45) is 0 Å². The van der Waals surface area contributed by atoms with Crippen molar-refractivity contribution in [2.75, 3.05) is 5.32 Å². The minimum atomic E-state index is 0.552. The Hall–Kier alpha value is -2.12. The van der Waals surface area contributed by atoms with E-state index < -0.39 is 0 Å². The zero-order valence-corrected chi connectivity index (χ0v) is 13.1. The topological polar surface area (TPSA) is 67.8 Å². The molecule has 21 heavy (non-hydrogen) atoms. The van der Waals surface area contributed by atoms with E-state index in [1.54, 1.807) is 23.5 Å². The molecule has 1 N–H and O–H groups in total. The zero-order valence-electron chi connectivity index (χ0n) is 11.5. The summed E-state index contributed by atoms with van der Waals surface area (Å²) >= 11 is 3.16. The number of anilines is 2. The number of carbonyl (C=O) groups excluding carboxylic acids is 1. The molecule has 0 atom stereocenters. The molecule has 7 heteroatoms. The van der Waals surface area contributed by atoms with Crippen LogP contribution in [-0.4, -0.2) is 21.2 Å². The second-order valence-electron chi connectivity index (χ2n) is 4.40. The maximum absolute atomic E-state index is 10.6. The van der Waals surface area contributed by atoms with Gasteiger partial charge in [-0.15, -0.1) is 22.7 Å². The maximum atomic E-state index is 10.6. The van der Waals surface area contributed by atoms with Crippen molar-refractivity contribution in [1.29, 1.82) is 0 Å². The highest BCUT2D eigenvalue weighted by molar-refractivity contribution is 7.16. The number of hydrogen-bond acceptors (Lipinski definition) is 7. The Labute approximate surface area is 129 Å². The van der Waals surface area contributed by atoms with Gasteiger partial charge in [0.2, 0.25) is 0 Å². The lowest BCUT2D eigenvalue weighted by Crippen LogP contribution is -1.93. The Morgan fingerprint density at radius 1 is 1.24 bits per heavy atom. The first kappa shape index (κ1) is 13.8. The third kappa shape index (κ3) is 2.98. The van der Waals surface area contributed by atoms with E-state index in [2.05, 4.69) is 20.3 Å². The number of hydrogen-bond donors (Lipinski definition) is 1. The first-order valence-electron chi connectivity index (χ1n) is 6.24. The highest BCUT2D eigenvalue weighted by Crippen LogP contribution is 2.32. The summed E-state index contributed by atoms with van der Waals surface area (Å²) in [5.74, 6) is 0.665. The number of aryl methyl sites for hydroxylation is 2. The number of thiazole rings is 2. The Kier molecular flexibility index (Phi) is 3.76. The largest absolute Gasteiger partial charge is 0.316 e. The van der Waals surface area contributed by atoms with Crippen LogP contribution in [0.5, 0.6) is 0 Å². The summed E-state index contributed by atoms with van der Waals surface area (Å²) in [4.78, 5) is 24.8. The maximum Gasteiger partial charge on any atom is 0.188 e. The fourth-order valence-electron chi connectivity index (χ4n) is 1.86. The van der Waals surface area contributed by atoms with Gasteiger partial charge in [-0.1, -0.05) is 0 Å². The van der Waals surface area contributed by atoms with E-state index in [0.717, 1.165) is 32.7 Å². The average molecular weight is 316 g/mol. The summed E-state index contributed by atoms with van der Waals surface area (Å²) < 4.78 is 0. The molecule has 3 aromatic rings. The van der Waals surface area contributed by atoms with Crippen molar-refractivity contribution in [1.82, 2.24) is 15.0 Å². The van der Waals surface area contributed by atoms with E-state index in [9.17, 15) is 4.79 Å². The lowest BCUT2D eigenvalue weighted by molar-refractivity contribution is 0.112. The highest BCUT2D eigenvalue weighted by atomic mass is 32.1. The van der Waals surface area contributed by atoms with Gasteiger partial charge in [-0.2, -0.15) is 0 Å². The van der Waals surface area contributed by atoms with Gasteiger partial charge in [0.1, 0.15) is 5.82 Å². The van der Waals surface area contributed by atoms with Crippen molar-refractivity contribution in [2.45, 2.75) is 13.8 Å². The van der Waals surface area contributed by atoms with E-state index in [1.165, 1.54) is 17.5 Å². The number of carbonyl (C=O) groups is 1. The smallest absolute Gasteiger partial charge is 0.188 e. The van der Waals surface area contributed by atoms with Crippen molar-refractivity contribution in [3.63, 3.8) is 0 Å². The number of rotatable bonds is 4. The number of pyridine rings is 1. The van der Waals surface area contributed by atoms with Gasteiger partial charge in [0, 0.05) is 17.1 Å². The molecule has 0 fully saturated rings. The normalized spacial score (nSPS) is 10.6. The lowest BCUT2D eigenvalue weighted by atomic mass is 10.3. The minimum absolute atomic E-state index is 0.552. The van der Waals surface area contributed by atoms with Gasteiger partial charge < -0.3 is 5.32 Å². The van der Waals surface area contributed by atoms with Crippen LogP contribution in [0.15, 0.2) is 23.7 Å². The average Bonchev–Trinajstić information content (AvgIpc) is 3.06. The molecule has 0 radical (unpaired) electrons. The molecule has 0 spiro atoms. The van der Waals surface area contributed by atoms with Crippen LogP contribution in [0.2, 0.25) is 0 Å². The molecular formula is C14H12N4OS2. The van der Waals surface area contributed by atoms with Crippen molar-refractivity contribution < 1.29 is 4.79 Å². The molecule has 0 unspecified atom stereocenters. The van der Waals surface area contributed by atoms with Crippen LogP contribution in [0.3, 0.4) is 0 Å². The number of nitrogens with zero attached hydrogens (tertiary/aromatic N) is 3. The third-order valence-electron chi connectivity index (χ3n) is 2.80. The van der Waals surface area contributed by atoms with Crippen LogP contribution in [0.1, 0.15) is 21.1 Å². The Morgan fingerprint density at radius 3 is 2.71 bits per heavy atom. The molecule has 0 bridgehead atoms. The first-order valence-corrected chi connectivity index (χ1v) is 7.93. The second kappa shape index (κ2) is 5.71. The van der Waals surface area contributed by atoms with Gasteiger partial charge in [0.15, 0.2) is 11.4 Å². The minimum Gasteiger partial charge on any atom is -0.316 e. The standard InChI is InChI=1S/C14H12N4OS2/c1-8-13(21-9(2)16-8)11-7-20-14(17-11)18-12-4-3-10(6-19)5-15-12/h3-7H,1-2H3,(H,15,17,18). The van der Waals surface area contributed by atoms with Crippen LogP contribution in [-0.2, 0) is 0 Å². The molecule has 3 heterocycles. The first-order chi connectivity index (χ1) is 10.2. The number of aldehydes is 1. The predicted molar refractivity (Wildman–Crippen MR) is 85.6 cm³/mol. The Morgan fingerprint density at radius 2 is 2.10 bits per heavy atom. The molecule has 0 saturated carbocycles. The summed E-state index contributed by atoms with van der Waals surface area (Å²) in [6.45, 7) is 3.98. The van der Waals surface area contributed by atoms with Crippen molar-refractivity contribution in [3.05, 3.63) is 40.0 Å². The van der Waals surface area contributed by atoms with Crippen molar-refractivity contribution in [3.8, 4) is 10.6 Å². The summed E-state index contributed by atoms with van der Waals surface area (Å²) in [6, 6.07) is 3.47.